The molecule has 0 aliphatic heterocycles. The van der Waals surface area contributed by atoms with Crippen LogP contribution in [0.3, 0.4) is 0 Å². The number of hydrogen-bond acceptors (Lipinski definition) is 4. The van der Waals surface area contributed by atoms with Crippen molar-refractivity contribution >= 4 is 16.0 Å². The molecule has 0 amide bonds. The number of benzene rings is 1. The van der Waals surface area contributed by atoms with Gasteiger partial charge in [0, 0.05) is 13.1 Å². The van der Waals surface area contributed by atoms with Gasteiger partial charge in [-0.25, -0.2) is 13.2 Å². The van der Waals surface area contributed by atoms with Crippen molar-refractivity contribution in [3.05, 3.63) is 42.5 Å². The van der Waals surface area contributed by atoms with Crippen LogP contribution in [0, 0.1) is 0 Å². The summed E-state index contributed by atoms with van der Waals surface area (Å²) in [5.74, 6) is -0.443. The minimum atomic E-state index is -3.52. The Labute approximate surface area is 145 Å². The second-order valence-corrected chi connectivity index (χ2v) is 7.43. The van der Waals surface area contributed by atoms with E-state index in [1.807, 2.05) is 13.8 Å². The van der Waals surface area contributed by atoms with E-state index in [2.05, 4.69) is 6.58 Å². The smallest absolute Gasteiger partial charge is 0.338 e. The van der Waals surface area contributed by atoms with Crippen LogP contribution in [0.5, 0.6) is 0 Å². The van der Waals surface area contributed by atoms with Crippen molar-refractivity contribution < 1.29 is 17.9 Å². The predicted molar refractivity (Wildman–Crippen MR) is 95.5 cm³/mol. The molecule has 0 aromatic heterocycles. The van der Waals surface area contributed by atoms with Crippen molar-refractivity contribution in [2.45, 2.75) is 44.4 Å². The Morgan fingerprint density at radius 2 is 1.75 bits per heavy atom. The van der Waals surface area contributed by atoms with E-state index in [0.29, 0.717) is 25.3 Å². The minimum Gasteiger partial charge on any atom is -0.462 e. The Balaban J connectivity index is 2.81. The Bertz CT molecular complexity index is 617. The summed E-state index contributed by atoms with van der Waals surface area (Å²) in [5, 5.41) is 0. The van der Waals surface area contributed by atoms with Crippen molar-refractivity contribution in [1.29, 1.82) is 0 Å². The number of ether oxygens (including phenoxy) is 1. The number of hydrogen-bond donors (Lipinski definition) is 0. The number of carbonyl (C=O) groups excluding carboxylic acids is 1. The third kappa shape index (κ3) is 5.76. The summed E-state index contributed by atoms with van der Waals surface area (Å²) >= 11 is 0. The lowest BCUT2D eigenvalue weighted by atomic mass is 10.2. The van der Waals surface area contributed by atoms with Gasteiger partial charge in [-0.15, -0.1) is 6.58 Å². The standard InChI is InChI=1S/C18H27NO4S/c1-4-7-8-15-23-18(20)16-9-11-17(12-10-16)24(21,22)19(13-5-2)14-6-3/h4,9-12H,1,5-8,13-15H2,2-3H3. The Morgan fingerprint density at radius 3 is 2.25 bits per heavy atom. The fourth-order valence-electron chi connectivity index (χ4n) is 2.24. The maximum atomic E-state index is 12.6. The zero-order chi connectivity index (χ0) is 18.0. The summed E-state index contributed by atoms with van der Waals surface area (Å²) in [6.45, 7) is 8.81. The van der Waals surface area contributed by atoms with E-state index < -0.39 is 16.0 Å². The van der Waals surface area contributed by atoms with Gasteiger partial charge in [0.2, 0.25) is 10.0 Å². The highest BCUT2D eigenvalue weighted by Crippen LogP contribution is 2.17. The molecule has 6 heteroatoms. The van der Waals surface area contributed by atoms with Gasteiger partial charge in [-0.05, 0) is 49.9 Å². The molecule has 1 aromatic carbocycles. The van der Waals surface area contributed by atoms with Crippen LogP contribution in [-0.2, 0) is 14.8 Å². The quantitative estimate of drug-likeness (QED) is 0.346. The van der Waals surface area contributed by atoms with E-state index in [1.165, 1.54) is 28.6 Å². The van der Waals surface area contributed by atoms with Gasteiger partial charge < -0.3 is 4.74 Å². The summed E-state index contributed by atoms with van der Waals surface area (Å²) in [6.07, 6.45) is 4.80. The molecule has 134 valence electrons. The third-order valence-electron chi connectivity index (χ3n) is 3.46. The lowest BCUT2D eigenvalue weighted by Crippen LogP contribution is -2.32. The second-order valence-electron chi connectivity index (χ2n) is 5.50. The highest BCUT2D eigenvalue weighted by molar-refractivity contribution is 7.89. The van der Waals surface area contributed by atoms with Crippen molar-refractivity contribution in [3.63, 3.8) is 0 Å². The first-order valence-corrected chi connectivity index (χ1v) is 9.79. The number of rotatable bonds is 11. The predicted octanol–water partition coefficient (Wildman–Crippen LogP) is 3.62. The number of esters is 1. The molecule has 0 bridgehead atoms. The molecule has 0 radical (unpaired) electrons. The topological polar surface area (TPSA) is 63.7 Å². The number of nitrogens with zero attached hydrogens (tertiary/aromatic N) is 1. The van der Waals surface area contributed by atoms with E-state index in [4.69, 9.17) is 4.74 Å². The maximum Gasteiger partial charge on any atom is 0.338 e. The normalized spacial score (nSPS) is 11.5. The van der Waals surface area contributed by atoms with E-state index in [-0.39, 0.29) is 4.90 Å². The summed E-state index contributed by atoms with van der Waals surface area (Å²) < 4.78 is 31.9. The van der Waals surface area contributed by atoms with Crippen LogP contribution < -0.4 is 0 Å². The molecule has 0 N–H and O–H groups in total. The van der Waals surface area contributed by atoms with Crippen LogP contribution in [0.25, 0.3) is 0 Å². The van der Waals surface area contributed by atoms with Crippen LogP contribution in [0.1, 0.15) is 49.9 Å². The molecule has 0 saturated heterocycles. The molecular formula is C18H27NO4S. The molecule has 0 heterocycles. The zero-order valence-electron chi connectivity index (χ0n) is 14.5. The first-order valence-electron chi connectivity index (χ1n) is 8.35. The molecule has 0 fully saturated rings. The summed E-state index contributed by atoms with van der Waals surface area (Å²) in [6, 6.07) is 5.93. The lowest BCUT2D eigenvalue weighted by molar-refractivity contribution is 0.0501. The number of unbranched alkanes of at least 4 members (excludes halogenated alkanes) is 1. The summed E-state index contributed by atoms with van der Waals surface area (Å²) in [5.41, 5.74) is 0.352. The molecule has 1 aromatic rings. The van der Waals surface area contributed by atoms with Gasteiger partial charge in [-0.3, -0.25) is 0 Å². The van der Waals surface area contributed by atoms with Crippen LogP contribution >= 0.6 is 0 Å². The molecule has 0 aliphatic carbocycles. The maximum absolute atomic E-state index is 12.6. The first-order chi connectivity index (χ1) is 11.5. The Kier molecular flexibility index (Phi) is 8.71. The molecule has 24 heavy (non-hydrogen) atoms. The molecule has 0 atom stereocenters. The van der Waals surface area contributed by atoms with Gasteiger partial charge in [0.05, 0.1) is 17.1 Å². The van der Waals surface area contributed by atoms with Crippen LogP contribution in [-0.4, -0.2) is 38.4 Å². The van der Waals surface area contributed by atoms with Gasteiger partial charge in [0.25, 0.3) is 0 Å². The zero-order valence-corrected chi connectivity index (χ0v) is 15.3. The highest BCUT2D eigenvalue weighted by atomic mass is 32.2. The van der Waals surface area contributed by atoms with Crippen molar-refractivity contribution in [2.75, 3.05) is 19.7 Å². The number of allylic oxidation sites excluding steroid dienone is 1. The molecule has 1 rings (SSSR count). The highest BCUT2D eigenvalue weighted by Gasteiger charge is 2.23. The average molecular weight is 353 g/mol. The van der Waals surface area contributed by atoms with Gasteiger partial charge >= 0.3 is 5.97 Å². The van der Waals surface area contributed by atoms with E-state index in [1.54, 1.807) is 6.08 Å². The fraction of sp³-hybridized carbons (Fsp3) is 0.500. The Morgan fingerprint density at radius 1 is 1.17 bits per heavy atom. The largest absolute Gasteiger partial charge is 0.462 e. The molecule has 0 saturated carbocycles. The van der Waals surface area contributed by atoms with Crippen LogP contribution in [0.4, 0.5) is 0 Å². The van der Waals surface area contributed by atoms with Gasteiger partial charge in [0.1, 0.15) is 0 Å². The van der Waals surface area contributed by atoms with Gasteiger partial charge in [0.15, 0.2) is 0 Å². The van der Waals surface area contributed by atoms with Crippen molar-refractivity contribution in [3.8, 4) is 0 Å². The van der Waals surface area contributed by atoms with Crippen molar-refractivity contribution in [1.82, 2.24) is 4.31 Å². The van der Waals surface area contributed by atoms with Gasteiger partial charge in [-0.1, -0.05) is 19.9 Å². The fourth-order valence-corrected chi connectivity index (χ4v) is 3.86. The molecule has 0 spiro atoms. The van der Waals surface area contributed by atoms with Crippen LogP contribution in [0.2, 0.25) is 0 Å². The molecular weight excluding hydrogens is 326 g/mol. The van der Waals surface area contributed by atoms with E-state index in [9.17, 15) is 13.2 Å². The second kappa shape index (κ2) is 10.3. The summed E-state index contributed by atoms with van der Waals surface area (Å²) in [7, 11) is -3.52. The molecule has 0 unspecified atom stereocenters. The average Bonchev–Trinajstić information content (AvgIpc) is 2.58. The molecule has 5 nitrogen and oxygen atoms in total. The molecule has 0 aliphatic rings. The first kappa shape index (κ1) is 20.4. The van der Waals surface area contributed by atoms with E-state index >= 15 is 0 Å². The number of carbonyl (C=O) groups is 1. The summed E-state index contributed by atoms with van der Waals surface area (Å²) in [4.78, 5) is 12.1. The lowest BCUT2D eigenvalue weighted by Gasteiger charge is -2.21. The van der Waals surface area contributed by atoms with Crippen LogP contribution in [0.15, 0.2) is 41.8 Å². The number of sulfonamides is 1. The monoisotopic (exact) mass is 353 g/mol. The Hall–Kier alpha value is -1.66. The van der Waals surface area contributed by atoms with Gasteiger partial charge in [-0.2, -0.15) is 4.31 Å². The minimum absolute atomic E-state index is 0.201. The third-order valence-corrected chi connectivity index (χ3v) is 5.37. The van der Waals surface area contributed by atoms with Crippen molar-refractivity contribution in [2.24, 2.45) is 0 Å². The SMILES string of the molecule is C=CCCCOC(=O)c1ccc(S(=O)(=O)N(CCC)CCC)cc1. The van der Waals surface area contributed by atoms with E-state index in [0.717, 1.165) is 25.7 Å².